The van der Waals surface area contributed by atoms with E-state index in [4.69, 9.17) is 9.47 Å². The Morgan fingerprint density at radius 2 is 1.94 bits per heavy atom. The van der Waals surface area contributed by atoms with Crippen molar-refractivity contribution in [3.63, 3.8) is 0 Å². The molecule has 0 aromatic rings. The molecular weight excluding hydrogens is 230 g/mol. The zero-order valence-corrected chi connectivity index (χ0v) is 12.1. The van der Waals surface area contributed by atoms with Gasteiger partial charge in [-0.15, -0.1) is 0 Å². The van der Waals surface area contributed by atoms with Crippen LogP contribution in [0, 0.1) is 11.8 Å². The molecule has 18 heavy (non-hydrogen) atoms. The van der Waals surface area contributed by atoms with Crippen LogP contribution in [0.2, 0.25) is 0 Å². The highest BCUT2D eigenvalue weighted by Gasteiger charge is 2.44. The molecule has 1 saturated carbocycles. The summed E-state index contributed by atoms with van der Waals surface area (Å²) in [6, 6.07) is 0. The number of nitrogens with one attached hydrogen (secondary N) is 1. The standard InChI is InChI=1S/C14H27NO3/c1-5-18-13(16)14(15-6-7-17-4)9-11(2)8-12(3)10-14/h11-12,15H,5-10H2,1-4H3. The minimum atomic E-state index is -0.508. The zero-order chi connectivity index (χ0) is 13.6. The van der Waals surface area contributed by atoms with E-state index in [9.17, 15) is 4.79 Å². The lowest BCUT2D eigenvalue weighted by Crippen LogP contribution is -2.57. The van der Waals surface area contributed by atoms with Gasteiger partial charge in [0, 0.05) is 13.7 Å². The Labute approximate surface area is 110 Å². The van der Waals surface area contributed by atoms with Gasteiger partial charge in [0.1, 0.15) is 5.54 Å². The molecule has 0 radical (unpaired) electrons. The summed E-state index contributed by atoms with van der Waals surface area (Å²) in [7, 11) is 1.67. The number of hydrogen-bond donors (Lipinski definition) is 1. The minimum absolute atomic E-state index is 0.0977. The summed E-state index contributed by atoms with van der Waals surface area (Å²) in [4.78, 5) is 12.3. The van der Waals surface area contributed by atoms with E-state index in [1.54, 1.807) is 7.11 Å². The van der Waals surface area contributed by atoms with E-state index in [1.165, 1.54) is 6.42 Å². The first kappa shape index (κ1) is 15.4. The molecule has 2 unspecified atom stereocenters. The second-order valence-electron chi connectivity index (χ2n) is 5.58. The van der Waals surface area contributed by atoms with Crippen LogP contribution in [0.4, 0.5) is 0 Å². The van der Waals surface area contributed by atoms with Crippen LogP contribution in [0.1, 0.15) is 40.0 Å². The first-order chi connectivity index (χ1) is 8.54. The molecule has 0 spiro atoms. The maximum absolute atomic E-state index is 12.3. The minimum Gasteiger partial charge on any atom is -0.465 e. The van der Waals surface area contributed by atoms with Gasteiger partial charge in [-0.25, -0.2) is 0 Å². The van der Waals surface area contributed by atoms with Crippen molar-refractivity contribution in [2.75, 3.05) is 26.9 Å². The normalized spacial score (nSPS) is 32.2. The van der Waals surface area contributed by atoms with Crippen molar-refractivity contribution in [1.82, 2.24) is 5.32 Å². The van der Waals surface area contributed by atoms with E-state index in [0.717, 1.165) is 12.8 Å². The number of ether oxygens (including phenoxy) is 2. The molecule has 0 aliphatic heterocycles. The first-order valence-corrected chi connectivity index (χ1v) is 6.95. The number of rotatable bonds is 6. The van der Waals surface area contributed by atoms with Gasteiger partial charge in [-0.2, -0.15) is 0 Å². The molecule has 4 nitrogen and oxygen atoms in total. The second kappa shape index (κ2) is 7.10. The summed E-state index contributed by atoms with van der Waals surface area (Å²) in [6.45, 7) is 8.02. The molecule has 0 heterocycles. The predicted octanol–water partition coefficient (Wildman–Crippen LogP) is 1.98. The highest BCUT2D eigenvalue weighted by molar-refractivity contribution is 5.81. The smallest absolute Gasteiger partial charge is 0.326 e. The van der Waals surface area contributed by atoms with Crippen molar-refractivity contribution in [3.05, 3.63) is 0 Å². The number of esters is 1. The molecule has 0 saturated heterocycles. The van der Waals surface area contributed by atoms with Crippen LogP contribution < -0.4 is 5.32 Å². The summed E-state index contributed by atoms with van der Waals surface area (Å²) >= 11 is 0. The van der Waals surface area contributed by atoms with Gasteiger partial charge in [0.05, 0.1) is 13.2 Å². The molecule has 0 amide bonds. The lowest BCUT2D eigenvalue weighted by atomic mass is 9.71. The Balaban J connectivity index is 2.75. The molecule has 4 heteroatoms. The maximum atomic E-state index is 12.3. The van der Waals surface area contributed by atoms with Crippen molar-refractivity contribution in [2.24, 2.45) is 11.8 Å². The van der Waals surface area contributed by atoms with E-state index in [-0.39, 0.29) is 5.97 Å². The molecule has 0 bridgehead atoms. The van der Waals surface area contributed by atoms with Gasteiger partial charge in [0.25, 0.3) is 0 Å². The molecule has 0 aromatic carbocycles. The molecule has 2 atom stereocenters. The number of hydrogen-bond acceptors (Lipinski definition) is 4. The van der Waals surface area contributed by atoms with Crippen LogP contribution in [-0.4, -0.2) is 38.4 Å². The van der Waals surface area contributed by atoms with Crippen molar-refractivity contribution in [1.29, 1.82) is 0 Å². The number of methoxy groups -OCH3 is 1. The van der Waals surface area contributed by atoms with E-state index in [0.29, 0.717) is 31.6 Å². The third kappa shape index (κ3) is 3.95. The Morgan fingerprint density at radius 1 is 1.33 bits per heavy atom. The lowest BCUT2D eigenvalue weighted by Gasteiger charge is -2.41. The predicted molar refractivity (Wildman–Crippen MR) is 71.4 cm³/mol. The van der Waals surface area contributed by atoms with Crippen LogP contribution in [0.15, 0.2) is 0 Å². The fourth-order valence-corrected chi connectivity index (χ4v) is 3.17. The van der Waals surface area contributed by atoms with Crippen LogP contribution in [0.3, 0.4) is 0 Å². The summed E-state index contributed by atoms with van der Waals surface area (Å²) in [5.74, 6) is 1.00. The molecule has 1 fully saturated rings. The van der Waals surface area contributed by atoms with Gasteiger partial charge in [0.2, 0.25) is 0 Å². The topological polar surface area (TPSA) is 47.6 Å². The highest BCUT2D eigenvalue weighted by atomic mass is 16.5. The maximum Gasteiger partial charge on any atom is 0.326 e. The Bertz CT molecular complexity index is 258. The third-order valence-electron chi connectivity index (χ3n) is 3.63. The molecule has 1 aliphatic rings. The average molecular weight is 257 g/mol. The molecule has 1 aliphatic carbocycles. The van der Waals surface area contributed by atoms with E-state index in [2.05, 4.69) is 19.2 Å². The Kier molecular flexibility index (Phi) is 6.09. The molecular formula is C14H27NO3. The third-order valence-corrected chi connectivity index (χ3v) is 3.63. The summed E-state index contributed by atoms with van der Waals surface area (Å²) in [5.41, 5.74) is -0.508. The fourth-order valence-electron chi connectivity index (χ4n) is 3.17. The largest absolute Gasteiger partial charge is 0.465 e. The van der Waals surface area contributed by atoms with E-state index >= 15 is 0 Å². The monoisotopic (exact) mass is 257 g/mol. The highest BCUT2D eigenvalue weighted by Crippen LogP contribution is 2.36. The number of carbonyl (C=O) groups excluding carboxylic acids is 1. The Morgan fingerprint density at radius 3 is 2.44 bits per heavy atom. The van der Waals surface area contributed by atoms with Crippen molar-refractivity contribution in [2.45, 2.75) is 45.6 Å². The van der Waals surface area contributed by atoms with Crippen LogP contribution in [0.25, 0.3) is 0 Å². The summed E-state index contributed by atoms with van der Waals surface area (Å²) < 4.78 is 10.3. The summed E-state index contributed by atoms with van der Waals surface area (Å²) in [5, 5.41) is 3.38. The van der Waals surface area contributed by atoms with Crippen LogP contribution >= 0.6 is 0 Å². The second-order valence-corrected chi connectivity index (χ2v) is 5.58. The molecule has 106 valence electrons. The van der Waals surface area contributed by atoms with Crippen LogP contribution in [0.5, 0.6) is 0 Å². The molecule has 1 rings (SSSR count). The van der Waals surface area contributed by atoms with Crippen molar-refractivity contribution in [3.8, 4) is 0 Å². The van der Waals surface area contributed by atoms with Gasteiger partial charge in [0.15, 0.2) is 0 Å². The van der Waals surface area contributed by atoms with Gasteiger partial charge >= 0.3 is 5.97 Å². The zero-order valence-electron chi connectivity index (χ0n) is 12.1. The van der Waals surface area contributed by atoms with Crippen LogP contribution in [-0.2, 0) is 14.3 Å². The van der Waals surface area contributed by atoms with Gasteiger partial charge in [-0.05, 0) is 38.0 Å². The Hall–Kier alpha value is -0.610. The van der Waals surface area contributed by atoms with Crippen molar-refractivity contribution >= 4 is 5.97 Å². The molecule has 1 N–H and O–H groups in total. The quantitative estimate of drug-likeness (QED) is 0.584. The molecule has 0 aromatic heterocycles. The first-order valence-electron chi connectivity index (χ1n) is 6.95. The van der Waals surface area contributed by atoms with E-state index < -0.39 is 5.54 Å². The summed E-state index contributed by atoms with van der Waals surface area (Å²) in [6.07, 6.45) is 2.91. The fraction of sp³-hybridized carbons (Fsp3) is 0.929. The van der Waals surface area contributed by atoms with Gasteiger partial charge in [-0.3, -0.25) is 10.1 Å². The van der Waals surface area contributed by atoms with E-state index in [1.807, 2.05) is 6.92 Å². The van der Waals surface area contributed by atoms with Crippen molar-refractivity contribution < 1.29 is 14.3 Å². The van der Waals surface area contributed by atoms with Gasteiger partial charge in [-0.1, -0.05) is 13.8 Å². The lowest BCUT2D eigenvalue weighted by molar-refractivity contribution is -0.154. The van der Waals surface area contributed by atoms with Gasteiger partial charge < -0.3 is 9.47 Å². The number of carbonyl (C=O) groups is 1. The average Bonchev–Trinajstić information content (AvgIpc) is 2.28. The SMILES string of the molecule is CCOC(=O)C1(NCCOC)CC(C)CC(C)C1.